The minimum absolute atomic E-state index is 0.00461. The largest absolute Gasteiger partial charge is 0.350 e. The van der Waals surface area contributed by atoms with E-state index in [0.717, 1.165) is 60.6 Å². The summed E-state index contributed by atoms with van der Waals surface area (Å²) in [5, 5.41) is 4.04. The number of hydrogen-bond donors (Lipinski definition) is 1. The zero-order valence-corrected chi connectivity index (χ0v) is 17.3. The van der Waals surface area contributed by atoms with E-state index >= 15 is 0 Å². The molecule has 6 nitrogen and oxygen atoms in total. The highest BCUT2D eigenvalue weighted by Crippen LogP contribution is 2.29. The quantitative estimate of drug-likeness (QED) is 0.741. The fourth-order valence-corrected chi connectivity index (χ4v) is 4.26. The molecule has 1 N–H and O–H groups in total. The summed E-state index contributed by atoms with van der Waals surface area (Å²) in [6, 6.07) is 10.2. The van der Waals surface area contributed by atoms with Crippen LogP contribution in [0.5, 0.6) is 0 Å². The first-order valence-corrected chi connectivity index (χ1v) is 10.5. The van der Waals surface area contributed by atoms with Crippen molar-refractivity contribution in [2.45, 2.75) is 51.6 Å². The van der Waals surface area contributed by atoms with Crippen molar-refractivity contribution in [1.29, 1.82) is 0 Å². The monoisotopic (exact) mass is 389 g/mol. The molecule has 1 amide bonds. The second kappa shape index (κ2) is 6.87. The van der Waals surface area contributed by atoms with Crippen molar-refractivity contribution in [2.24, 2.45) is 7.05 Å². The third kappa shape index (κ3) is 3.26. The average molecular weight is 390 g/mol. The highest BCUT2D eigenvalue weighted by molar-refractivity contribution is 6.07. The lowest BCUT2D eigenvalue weighted by Crippen LogP contribution is -2.32. The maximum Gasteiger partial charge on any atom is 0.252 e. The van der Waals surface area contributed by atoms with Crippen molar-refractivity contribution >= 4 is 22.6 Å². The summed E-state index contributed by atoms with van der Waals surface area (Å²) in [7, 11) is 2.12. The third-order valence-electron chi connectivity index (χ3n) is 5.99. The first-order valence-electron chi connectivity index (χ1n) is 10.5. The summed E-state index contributed by atoms with van der Waals surface area (Å²) in [4.78, 5) is 24.9. The normalized spacial score (nSPS) is 16.3. The summed E-state index contributed by atoms with van der Waals surface area (Å²) < 4.78 is 2.25. The molecule has 5 rings (SSSR count). The average Bonchev–Trinajstić information content (AvgIpc) is 3.47. The van der Waals surface area contributed by atoms with Gasteiger partial charge >= 0.3 is 0 Å². The molecule has 0 radical (unpaired) electrons. The van der Waals surface area contributed by atoms with Gasteiger partial charge in [-0.15, -0.1) is 0 Å². The van der Waals surface area contributed by atoms with Gasteiger partial charge in [0.1, 0.15) is 11.6 Å². The van der Waals surface area contributed by atoms with E-state index in [4.69, 9.17) is 9.97 Å². The lowest BCUT2D eigenvalue weighted by molar-refractivity contribution is 0.0952. The minimum Gasteiger partial charge on any atom is -0.350 e. The molecular formula is C23H27N5O. The third-order valence-corrected chi connectivity index (χ3v) is 5.99. The van der Waals surface area contributed by atoms with Crippen LogP contribution in [0.2, 0.25) is 0 Å². The first-order chi connectivity index (χ1) is 14.0. The van der Waals surface area contributed by atoms with E-state index in [9.17, 15) is 4.79 Å². The van der Waals surface area contributed by atoms with E-state index in [1.54, 1.807) is 0 Å². The molecule has 2 aromatic heterocycles. The van der Waals surface area contributed by atoms with Crippen molar-refractivity contribution < 1.29 is 4.79 Å². The van der Waals surface area contributed by atoms with E-state index in [1.165, 1.54) is 5.69 Å². The zero-order chi connectivity index (χ0) is 20.1. The molecule has 1 fully saturated rings. The molecule has 29 heavy (non-hydrogen) atoms. The van der Waals surface area contributed by atoms with Crippen LogP contribution in [0.4, 0.5) is 5.82 Å². The van der Waals surface area contributed by atoms with Crippen LogP contribution in [0.15, 0.2) is 30.3 Å². The number of carbonyl (C=O) groups excluding carboxylic acids is 1. The molecule has 1 aliphatic heterocycles. The number of pyridine rings is 1. The lowest BCUT2D eigenvalue weighted by atomic mass is 10.1. The second-order valence-corrected chi connectivity index (χ2v) is 8.54. The molecule has 0 bridgehead atoms. The van der Waals surface area contributed by atoms with Crippen LogP contribution in [0, 0.1) is 0 Å². The number of carbonyl (C=O) groups is 1. The van der Waals surface area contributed by atoms with Crippen molar-refractivity contribution in [2.75, 3.05) is 11.4 Å². The second-order valence-electron chi connectivity index (χ2n) is 8.54. The first kappa shape index (κ1) is 18.2. The predicted molar refractivity (Wildman–Crippen MR) is 114 cm³/mol. The number of amides is 1. The molecule has 0 spiro atoms. The maximum absolute atomic E-state index is 12.9. The molecule has 0 atom stereocenters. The highest BCUT2D eigenvalue weighted by atomic mass is 16.1. The van der Waals surface area contributed by atoms with Crippen molar-refractivity contribution in [1.82, 2.24) is 19.9 Å². The van der Waals surface area contributed by atoms with Gasteiger partial charge < -0.3 is 14.8 Å². The van der Waals surface area contributed by atoms with Gasteiger partial charge in [0.25, 0.3) is 5.91 Å². The molecule has 150 valence electrons. The Hall–Kier alpha value is -2.89. The highest BCUT2D eigenvalue weighted by Gasteiger charge is 2.27. The Morgan fingerprint density at radius 1 is 1.21 bits per heavy atom. The SMILES string of the molecule is CC(C)c1nc2c(n1C)CCN(c1cc(C(=O)NC3CC3)c3ccccc3n1)C2. The molecule has 3 heterocycles. The van der Waals surface area contributed by atoms with Crippen LogP contribution in [0.3, 0.4) is 0 Å². The molecule has 0 unspecified atom stereocenters. The Kier molecular flexibility index (Phi) is 4.30. The summed E-state index contributed by atoms with van der Waals surface area (Å²) in [5.41, 5.74) is 4.02. The molecule has 1 aliphatic carbocycles. The van der Waals surface area contributed by atoms with Gasteiger partial charge in [0, 0.05) is 43.1 Å². The predicted octanol–water partition coefficient (Wildman–Crippen LogP) is 3.55. The van der Waals surface area contributed by atoms with Gasteiger partial charge in [-0.05, 0) is 25.0 Å². The number of nitrogens with one attached hydrogen (secondary N) is 1. The number of nitrogens with zero attached hydrogens (tertiary/aromatic N) is 4. The van der Waals surface area contributed by atoms with Gasteiger partial charge in [-0.25, -0.2) is 9.97 Å². The number of aromatic nitrogens is 3. The summed E-state index contributed by atoms with van der Waals surface area (Å²) in [6.45, 7) is 5.96. The van der Waals surface area contributed by atoms with Gasteiger partial charge in [-0.2, -0.15) is 0 Å². The molecule has 6 heteroatoms. The summed E-state index contributed by atoms with van der Waals surface area (Å²) in [5.74, 6) is 2.39. The number of benzene rings is 1. The molecule has 0 saturated heterocycles. The fraction of sp³-hybridized carbons (Fsp3) is 0.435. The number of imidazole rings is 1. The smallest absolute Gasteiger partial charge is 0.252 e. The zero-order valence-electron chi connectivity index (χ0n) is 17.3. The van der Waals surface area contributed by atoms with Gasteiger partial charge in [-0.1, -0.05) is 32.0 Å². The number of hydrogen-bond acceptors (Lipinski definition) is 4. The number of fused-ring (bicyclic) bond motifs is 2. The van der Waals surface area contributed by atoms with Crippen molar-refractivity contribution in [3.63, 3.8) is 0 Å². The van der Waals surface area contributed by atoms with Crippen LogP contribution in [0.25, 0.3) is 10.9 Å². The van der Waals surface area contributed by atoms with E-state index in [-0.39, 0.29) is 5.91 Å². The molecular weight excluding hydrogens is 362 g/mol. The molecule has 1 aromatic carbocycles. The van der Waals surface area contributed by atoms with Gasteiger partial charge in [-0.3, -0.25) is 4.79 Å². The Morgan fingerprint density at radius 2 is 2.00 bits per heavy atom. The van der Waals surface area contributed by atoms with Crippen LogP contribution in [0.1, 0.15) is 60.2 Å². The molecule has 3 aromatic rings. The fourth-order valence-electron chi connectivity index (χ4n) is 4.26. The van der Waals surface area contributed by atoms with Gasteiger partial charge in [0.2, 0.25) is 0 Å². The van der Waals surface area contributed by atoms with E-state index in [2.05, 4.69) is 35.7 Å². The summed E-state index contributed by atoms with van der Waals surface area (Å²) >= 11 is 0. The van der Waals surface area contributed by atoms with Crippen LogP contribution >= 0.6 is 0 Å². The van der Waals surface area contributed by atoms with Crippen LogP contribution in [-0.2, 0) is 20.0 Å². The number of rotatable bonds is 4. The van der Waals surface area contributed by atoms with Crippen molar-refractivity contribution in [3.8, 4) is 0 Å². The summed E-state index contributed by atoms with van der Waals surface area (Å²) in [6.07, 6.45) is 3.09. The van der Waals surface area contributed by atoms with E-state index < -0.39 is 0 Å². The Labute approximate surface area is 171 Å². The van der Waals surface area contributed by atoms with Crippen molar-refractivity contribution in [3.05, 3.63) is 53.1 Å². The minimum atomic E-state index is 0.00461. The Balaban J connectivity index is 1.52. The van der Waals surface area contributed by atoms with Crippen LogP contribution in [-0.4, -0.2) is 33.0 Å². The van der Waals surface area contributed by atoms with E-state index in [0.29, 0.717) is 17.5 Å². The molecule has 2 aliphatic rings. The van der Waals surface area contributed by atoms with E-state index in [1.807, 2.05) is 30.3 Å². The number of anilines is 1. The topological polar surface area (TPSA) is 63.1 Å². The van der Waals surface area contributed by atoms with Gasteiger partial charge in [0.05, 0.1) is 23.3 Å². The lowest BCUT2D eigenvalue weighted by Gasteiger charge is -2.28. The van der Waals surface area contributed by atoms with Gasteiger partial charge in [0.15, 0.2) is 0 Å². The Bertz CT molecular complexity index is 1100. The Morgan fingerprint density at radius 3 is 2.76 bits per heavy atom. The standard InChI is InChI=1S/C23H27N5O/c1-14(2)22-26-19-13-28(11-10-20(19)27(22)3)21-12-17(23(29)24-15-8-9-15)16-6-4-5-7-18(16)25-21/h4-7,12,14-15H,8-11,13H2,1-3H3,(H,24,29). The molecule has 1 saturated carbocycles. The van der Waals surface area contributed by atoms with Crippen LogP contribution < -0.4 is 10.2 Å². The maximum atomic E-state index is 12.9. The number of para-hydroxylation sites is 1.